The van der Waals surface area contributed by atoms with Crippen LogP contribution in [0.1, 0.15) is 33.6 Å². The van der Waals surface area contributed by atoms with E-state index >= 15 is 0 Å². The van der Waals surface area contributed by atoms with Crippen molar-refractivity contribution in [3.8, 4) is 11.8 Å². The zero-order chi connectivity index (χ0) is 12.9. The number of piperidine rings is 1. The number of hydrogen-bond donors (Lipinski definition) is 1. The number of methoxy groups -OCH3 is 1. The third-order valence-electron chi connectivity index (χ3n) is 3.14. The van der Waals surface area contributed by atoms with E-state index in [0.717, 1.165) is 25.9 Å². The summed E-state index contributed by atoms with van der Waals surface area (Å²) < 4.78 is 5.41. The Morgan fingerprint density at radius 3 is 2.65 bits per heavy atom. The zero-order valence-electron chi connectivity index (χ0n) is 11.6. The molecule has 1 saturated heterocycles. The molecule has 1 fully saturated rings. The fraction of sp³-hybridized carbons (Fsp3) is 0.857. The molecular weight excluding hydrogens is 212 g/mol. The van der Waals surface area contributed by atoms with Crippen LogP contribution in [0.5, 0.6) is 0 Å². The van der Waals surface area contributed by atoms with Crippen molar-refractivity contribution in [1.29, 1.82) is 0 Å². The van der Waals surface area contributed by atoms with Gasteiger partial charge in [-0.25, -0.2) is 0 Å². The summed E-state index contributed by atoms with van der Waals surface area (Å²) in [7, 11) is 1.79. The second-order valence-electron chi connectivity index (χ2n) is 5.79. The third-order valence-corrected chi connectivity index (χ3v) is 3.14. The minimum Gasteiger partial charge on any atom is -0.381 e. The summed E-state index contributed by atoms with van der Waals surface area (Å²) in [5.41, 5.74) is 5.91. The number of likely N-dealkylation sites (tertiary alicyclic amines) is 1. The summed E-state index contributed by atoms with van der Waals surface area (Å²) in [6.45, 7) is 8.97. The van der Waals surface area contributed by atoms with Crippen LogP contribution in [-0.2, 0) is 4.74 Å². The number of rotatable bonds is 3. The molecule has 98 valence electrons. The van der Waals surface area contributed by atoms with Gasteiger partial charge >= 0.3 is 0 Å². The molecule has 1 heterocycles. The molecule has 0 spiro atoms. The monoisotopic (exact) mass is 238 g/mol. The lowest BCUT2D eigenvalue weighted by Crippen LogP contribution is -2.48. The lowest BCUT2D eigenvalue weighted by Gasteiger charge is -2.37. The van der Waals surface area contributed by atoms with E-state index in [2.05, 4.69) is 37.5 Å². The summed E-state index contributed by atoms with van der Waals surface area (Å²) in [6.07, 6.45) is 2.49. The molecule has 2 unspecified atom stereocenters. The molecule has 3 heteroatoms. The molecule has 1 rings (SSSR count). The molecule has 0 aliphatic carbocycles. The Bertz CT molecular complexity index is 285. The van der Waals surface area contributed by atoms with E-state index in [1.54, 1.807) is 7.11 Å². The highest BCUT2D eigenvalue weighted by Crippen LogP contribution is 2.18. The second kappa shape index (κ2) is 6.39. The van der Waals surface area contributed by atoms with Gasteiger partial charge in [-0.3, -0.25) is 4.90 Å². The van der Waals surface area contributed by atoms with Crippen LogP contribution in [-0.4, -0.2) is 43.8 Å². The predicted octanol–water partition coefficient (Wildman–Crippen LogP) is 1.47. The normalized spacial score (nSPS) is 26.4. The standard InChI is InChI=1S/C14H26N2O/c1-14(2,3)7-5-8-16-9-6-13(17-4)10-12(16)11-15/h12-13H,6,8-11,15H2,1-4H3. The Hall–Kier alpha value is -0.560. The van der Waals surface area contributed by atoms with Crippen molar-refractivity contribution in [3.63, 3.8) is 0 Å². The SMILES string of the molecule is COC1CCN(CC#CC(C)(C)C)C(CN)C1. The Balaban J connectivity index is 2.50. The summed E-state index contributed by atoms with van der Waals surface area (Å²) in [5.74, 6) is 6.55. The van der Waals surface area contributed by atoms with Gasteiger partial charge in [-0.05, 0) is 33.6 Å². The van der Waals surface area contributed by atoms with Crippen molar-refractivity contribution in [2.24, 2.45) is 11.1 Å². The van der Waals surface area contributed by atoms with E-state index in [1.165, 1.54) is 0 Å². The molecule has 2 atom stereocenters. The predicted molar refractivity (Wildman–Crippen MR) is 71.7 cm³/mol. The molecule has 0 radical (unpaired) electrons. The first kappa shape index (κ1) is 14.5. The van der Waals surface area contributed by atoms with Gasteiger partial charge in [-0.15, -0.1) is 0 Å². The van der Waals surface area contributed by atoms with Crippen molar-refractivity contribution in [2.75, 3.05) is 26.7 Å². The van der Waals surface area contributed by atoms with Crippen LogP contribution in [0.15, 0.2) is 0 Å². The Morgan fingerprint density at radius 1 is 1.41 bits per heavy atom. The first-order valence-corrected chi connectivity index (χ1v) is 6.43. The largest absolute Gasteiger partial charge is 0.381 e. The Morgan fingerprint density at radius 2 is 2.12 bits per heavy atom. The van der Waals surface area contributed by atoms with Crippen LogP contribution in [0.25, 0.3) is 0 Å². The lowest BCUT2D eigenvalue weighted by atomic mass is 9.97. The topological polar surface area (TPSA) is 38.5 Å². The summed E-state index contributed by atoms with van der Waals surface area (Å²) in [4.78, 5) is 2.38. The zero-order valence-corrected chi connectivity index (χ0v) is 11.6. The van der Waals surface area contributed by atoms with Gasteiger partial charge in [-0.2, -0.15) is 0 Å². The van der Waals surface area contributed by atoms with Crippen LogP contribution < -0.4 is 5.73 Å². The highest BCUT2D eigenvalue weighted by molar-refractivity contribution is 5.09. The number of nitrogens with two attached hydrogens (primary N) is 1. The van der Waals surface area contributed by atoms with Crippen molar-refractivity contribution in [2.45, 2.75) is 45.8 Å². The van der Waals surface area contributed by atoms with E-state index in [4.69, 9.17) is 10.5 Å². The maximum absolute atomic E-state index is 5.82. The van der Waals surface area contributed by atoms with Crippen molar-refractivity contribution >= 4 is 0 Å². The second-order valence-corrected chi connectivity index (χ2v) is 5.79. The number of hydrogen-bond acceptors (Lipinski definition) is 3. The molecule has 0 saturated carbocycles. The fourth-order valence-corrected chi connectivity index (χ4v) is 2.14. The molecule has 0 aromatic heterocycles. The van der Waals surface area contributed by atoms with Crippen LogP contribution >= 0.6 is 0 Å². The highest BCUT2D eigenvalue weighted by atomic mass is 16.5. The quantitative estimate of drug-likeness (QED) is 0.757. The summed E-state index contributed by atoms with van der Waals surface area (Å²) in [5, 5.41) is 0. The minimum absolute atomic E-state index is 0.0864. The first-order valence-electron chi connectivity index (χ1n) is 6.43. The molecular formula is C14H26N2O. The van der Waals surface area contributed by atoms with E-state index in [0.29, 0.717) is 18.7 Å². The van der Waals surface area contributed by atoms with Crippen LogP contribution in [0, 0.1) is 17.3 Å². The van der Waals surface area contributed by atoms with Gasteiger partial charge in [0, 0.05) is 31.7 Å². The summed E-state index contributed by atoms with van der Waals surface area (Å²) >= 11 is 0. The molecule has 1 aliphatic rings. The van der Waals surface area contributed by atoms with Gasteiger partial charge in [-0.1, -0.05) is 11.8 Å². The number of nitrogens with zero attached hydrogens (tertiary/aromatic N) is 1. The minimum atomic E-state index is 0.0864. The lowest BCUT2D eigenvalue weighted by molar-refractivity contribution is 0.0184. The molecule has 0 aromatic carbocycles. The fourth-order valence-electron chi connectivity index (χ4n) is 2.14. The van der Waals surface area contributed by atoms with E-state index in [-0.39, 0.29) is 5.41 Å². The van der Waals surface area contributed by atoms with Gasteiger partial charge in [0.1, 0.15) is 0 Å². The molecule has 0 amide bonds. The van der Waals surface area contributed by atoms with Gasteiger partial charge in [0.2, 0.25) is 0 Å². The maximum atomic E-state index is 5.82. The molecule has 0 aromatic rings. The Kier molecular flexibility index (Phi) is 5.45. The average molecular weight is 238 g/mol. The third kappa shape index (κ3) is 5.08. The molecule has 0 bridgehead atoms. The van der Waals surface area contributed by atoms with Crippen LogP contribution in [0.4, 0.5) is 0 Å². The highest BCUT2D eigenvalue weighted by Gasteiger charge is 2.26. The Labute approximate surface area is 106 Å². The van der Waals surface area contributed by atoms with Gasteiger partial charge in [0.15, 0.2) is 0 Å². The maximum Gasteiger partial charge on any atom is 0.0604 e. The summed E-state index contributed by atoms with van der Waals surface area (Å²) in [6, 6.07) is 0.419. The molecule has 17 heavy (non-hydrogen) atoms. The van der Waals surface area contributed by atoms with Gasteiger partial charge in [0.25, 0.3) is 0 Å². The van der Waals surface area contributed by atoms with Crippen molar-refractivity contribution in [3.05, 3.63) is 0 Å². The van der Waals surface area contributed by atoms with E-state index < -0.39 is 0 Å². The van der Waals surface area contributed by atoms with E-state index in [9.17, 15) is 0 Å². The van der Waals surface area contributed by atoms with E-state index in [1.807, 2.05) is 0 Å². The molecule has 3 nitrogen and oxygen atoms in total. The smallest absolute Gasteiger partial charge is 0.0604 e. The van der Waals surface area contributed by atoms with Crippen molar-refractivity contribution < 1.29 is 4.74 Å². The number of ether oxygens (including phenoxy) is 1. The van der Waals surface area contributed by atoms with Crippen LogP contribution in [0.2, 0.25) is 0 Å². The van der Waals surface area contributed by atoms with Gasteiger partial charge < -0.3 is 10.5 Å². The molecule has 1 aliphatic heterocycles. The van der Waals surface area contributed by atoms with Crippen LogP contribution in [0.3, 0.4) is 0 Å². The molecule has 2 N–H and O–H groups in total. The average Bonchev–Trinajstić information content (AvgIpc) is 2.27. The van der Waals surface area contributed by atoms with Crippen molar-refractivity contribution in [1.82, 2.24) is 4.90 Å². The van der Waals surface area contributed by atoms with Gasteiger partial charge in [0.05, 0.1) is 12.6 Å². The first-order chi connectivity index (χ1) is 7.96.